The second kappa shape index (κ2) is 10.8. The fraction of sp³-hybridized carbons (Fsp3) is 0.182. The average Bonchev–Trinajstić information content (AvgIpc) is 2.81. The van der Waals surface area contributed by atoms with Crippen LogP contribution in [0.1, 0.15) is 18.5 Å². The van der Waals surface area contributed by atoms with Crippen LogP contribution in [0.4, 0.5) is 35.1 Å². The summed E-state index contributed by atoms with van der Waals surface area (Å²) >= 11 is 0. The molecule has 0 amide bonds. The second-order valence-electron chi connectivity index (χ2n) is 8.07. The van der Waals surface area contributed by atoms with Crippen LogP contribution < -0.4 is 9.46 Å². The molecule has 0 saturated heterocycles. The van der Waals surface area contributed by atoms with Crippen LogP contribution in [0.2, 0.25) is 0 Å². The number of sulfonamides is 1. The Morgan fingerprint density at radius 3 is 1.76 bits per heavy atom. The highest BCUT2D eigenvalue weighted by molar-refractivity contribution is 7.94. The summed E-state index contributed by atoms with van der Waals surface area (Å²) in [4.78, 5) is -5.14. The molecule has 0 saturated carbocycles. The van der Waals surface area contributed by atoms with E-state index < -0.39 is 84.6 Å². The number of ether oxygens (including phenoxy) is 1. The summed E-state index contributed by atoms with van der Waals surface area (Å²) in [6.07, 6.45) is -5.37. The number of sulfone groups is 2. The Morgan fingerprint density at radius 2 is 1.27 bits per heavy atom. The summed E-state index contributed by atoms with van der Waals surface area (Å²) < 4.78 is 186. The van der Waals surface area contributed by atoms with Gasteiger partial charge in [-0.1, -0.05) is 18.2 Å². The second-order valence-corrected chi connectivity index (χ2v) is 13.6. The van der Waals surface area contributed by atoms with E-state index in [1.54, 1.807) is 0 Å². The van der Waals surface area contributed by atoms with Crippen LogP contribution in [0.15, 0.2) is 80.2 Å². The predicted octanol–water partition coefficient (Wildman–Crippen LogP) is 5.03. The molecule has 0 spiro atoms. The first-order chi connectivity index (χ1) is 18.6. The fourth-order valence-corrected chi connectivity index (χ4v) is 7.58. The van der Waals surface area contributed by atoms with E-state index in [4.69, 9.17) is 0 Å². The van der Waals surface area contributed by atoms with Gasteiger partial charge in [-0.25, -0.2) is 38.8 Å². The van der Waals surface area contributed by atoms with Gasteiger partial charge in [0.15, 0.2) is 0 Å². The normalized spacial score (nSPS) is 14.1. The topological polar surface area (TPSA) is 124 Å². The molecule has 8 nitrogen and oxygen atoms in total. The lowest BCUT2D eigenvalue weighted by Gasteiger charge is -2.17. The Morgan fingerprint density at radius 1 is 0.732 bits per heavy atom. The largest absolute Gasteiger partial charge is 0.573 e. The minimum atomic E-state index is -5.79. The number of nitrogens with one attached hydrogen (secondary N) is 1. The van der Waals surface area contributed by atoms with Crippen LogP contribution >= 0.6 is 0 Å². The Hall–Kier alpha value is -3.29. The molecule has 1 atom stereocenters. The quantitative estimate of drug-likeness (QED) is 0.339. The van der Waals surface area contributed by atoms with Crippen molar-refractivity contribution in [2.45, 2.75) is 44.4 Å². The maximum atomic E-state index is 14.4. The standard InChI is InChI=1S/C22H15F8NO7S3/c1-12(31-41(36,37)22(28,29)30)13-5-8-15(9-6-13)39(32,33)18-10-7-14(38-21(25,26)27)11-19(18)40(34,35)20-16(23)3-2-4-17(20)24/h2-12,31H,1H3/t12-/m0/s1. The van der Waals surface area contributed by atoms with E-state index in [0.29, 0.717) is 24.3 Å². The van der Waals surface area contributed by atoms with Gasteiger partial charge in [-0.05, 0) is 48.9 Å². The van der Waals surface area contributed by atoms with Crippen molar-refractivity contribution in [3.05, 3.63) is 77.9 Å². The molecule has 0 unspecified atom stereocenters. The molecule has 3 aromatic carbocycles. The average molecular weight is 654 g/mol. The van der Waals surface area contributed by atoms with Crippen molar-refractivity contribution in [1.29, 1.82) is 0 Å². The maximum absolute atomic E-state index is 14.4. The zero-order valence-electron chi connectivity index (χ0n) is 20.0. The summed E-state index contributed by atoms with van der Waals surface area (Å²) in [6, 6.07) is 4.41. The van der Waals surface area contributed by atoms with E-state index in [-0.39, 0.29) is 11.6 Å². The highest BCUT2D eigenvalue weighted by Gasteiger charge is 2.46. The number of benzene rings is 3. The monoisotopic (exact) mass is 653 g/mol. The minimum Gasteiger partial charge on any atom is -0.406 e. The van der Waals surface area contributed by atoms with E-state index in [9.17, 15) is 60.4 Å². The molecule has 0 fully saturated rings. The molecular formula is C22H15F8NO7S3. The van der Waals surface area contributed by atoms with Crippen molar-refractivity contribution < 1.29 is 65.1 Å². The van der Waals surface area contributed by atoms with Crippen molar-refractivity contribution in [2.75, 3.05) is 0 Å². The first-order valence-electron chi connectivity index (χ1n) is 10.6. The molecule has 0 bridgehead atoms. The first-order valence-corrected chi connectivity index (χ1v) is 15.1. The molecule has 3 aromatic rings. The van der Waals surface area contributed by atoms with Gasteiger partial charge in [0.05, 0.1) is 14.7 Å². The Labute approximate surface area is 227 Å². The van der Waals surface area contributed by atoms with Crippen molar-refractivity contribution in [3.63, 3.8) is 0 Å². The highest BCUT2D eigenvalue weighted by Crippen LogP contribution is 2.37. The van der Waals surface area contributed by atoms with Crippen LogP contribution in [-0.2, 0) is 29.7 Å². The molecule has 224 valence electrons. The molecule has 19 heteroatoms. The van der Waals surface area contributed by atoms with Crippen LogP contribution in [0.3, 0.4) is 0 Å². The van der Waals surface area contributed by atoms with Gasteiger partial charge >= 0.3 is 21.9 Å². The van der Waals surface area contributed by atoms with Crippen molar-refractivity contribution in [1.82, 2.24) is 4.72 Å². The zero-order chi connectivity index (χ0) is 31.2. The van der Waals surface area contributed by atoms with E-state index in [2.05, 4.69) is 4.74 Å². The van der Waals surface area contributed by atoms with E-state index in [1.165, 1.54) is 4.72 Å². The molecular weight excluding hydrogens is 638 g/mol. The molecule has 0 aliphatic rings. The Bertz CT molecular complexity index is 1770. The van der Waals surface area contributed by atoms with E-state index >= 15 is 0 Å². The molecule has 41 heavy (non-hydrogen) atoms. The SMILES string of the molecule is C[C@H](NS(=O)(=O)C(F)(F)F)c1ccc(S(=O)(=O)c2ccc(OC(F)(F)F)cc2S(=O)(=O)c2c(F)cccc2F)cc1. The van der Waals surface area contributed by atoms with E-state index in [1.807, 2.05) is 0 Å². The lowest BCUT2D eigenvalue weighted by molar-refractivity contribution is -0.274. The third kappa shape index (κ3) is 6.79. The number of hydrogen-bond donors (Lipinski definition) is 1. The lowest BCUT2D eigenvalue weighted by Crippen LogP contribution is -2.37. The van der Waals surface area contributed by atoms with Crippen molar-refractivity contribution >= 4 is 29.7 Å². The van der Waals surface area contributed by atoms with Crippen LogP contribution in [0.5, 0.6) is 5.75 Å². The lowest BCUT2D eigenvalue weighted by atomic mass is 10.1. The number of hydrogen-bond acceptors (Lipinski definition) is 7. The zero-order valence-corrected chi connectivity index (χ0v) is 22.4. The minimum absolute atomic E-state index is 0.101. The van der Waals surface area contributed by atoms with Gasteiger partial charge in [0.2, 0.25) is 19.7 Å². The third-order valence-electron chi connectivity index (χ3n) is 5.24. The van der Waals surface area contributed by atoms with Crippen LogP contribution in [0, 0.1) is 11.6 Å². The van der Waals surface area contributed by atoms with Gasteiger partial charge in [-0.2, -0.15) is 13.2 Å². The van der Waals surface area contributed by atoms with Crippen LogP contribution in [-0.4, -0.2) is 37.1 Å². The summed E-state index contributed by atoms with van der Waals surface area (Å²) in [6.45, 7) is 1.000. The summed E-state index contributed by atoms with van der Waals surface area (Å²) in [5.41, 5.74) is -5.82. The van der Waals surface area contributed by atoms with E-state index in [0.717, 1.165) is 37.3 Å². The summed E-state index contributed by atoms with van der Waals surface area (Å²) in [7, 11) is -16.3. The third-order valence-corrected chi connectivity index (χ3v) is 10.3. The smallest absolute Gasteiger partial charge is 0.406 e. The molecule has 0 aliphatic carbocycles. The van der Waals surface area contributed by atoms with Gasteiger partial charge in [-0.15, -0.1) is 13.2 Å². The highest BCUT2D eigenvalue weighted by atomic mass is 32.2. The molecule has 0 radical (unpaired) electrons. The summed E-state index contributed by atoms with van der Waals surface area (Å²) in [5.74, 6) is -4.61. The molecule has 0 aliphatic heterocycles. The number of alkyl halides is 6. The van der Waals surface area contributed by atoms with Gasteiger partial charge in [0, 0.05) is 12.1 Å². The van der Waals surface area contributed by atoms with Gasteiger partial charge in [0.1, 0.15) is 22.3 Å². The maximum Gasteiger partial charge on any atom is 0.573 e. The summed E-state index contributed by atoms with van der Waals surface area (Å²) in [5, 5.41) is 0. The molecule has 0 aromatic heterocycles. The molecule has 1 N–H and O–H groups in total. The predicted molar refractivity (Wildman–Crippen MR) is 123 cm³/mol. The van der Waals surface area contributed by atoms with Gasteiger partial charge < -0.3 is 4.74 Å². The first kappa shape index (κ1) is 32.2. The van der Waals surface area contributed by atoms with Gasteiger partial charge in [0.25, 0.3) is 0 Å². The Balaban J connectivity index is 2.15. The molecule has 3 rings (SSSR count). The van der Waals surface area contributed by atoms with Crippen molar-refractivity contribution in [3.8, 4) is 5.75 Å². The number of halogens is 8. The number of rotatable bonds is 8. The molecule has 0 heterocycles. The fourth-order valence-electron chi connectivity index (χ4n) is 3.40. The van der Waals surface area contributed by atoms with Gasteiger partial charge in [-0.3, -0.25) is 0 Å². The van der Waals surface area contributed by atoms with Crippen LogP contribution in [0.25, 0.3) is 0 Å². The Kier molecular flexibility index (Phi) is 8.52. The van der Waals surface area contributed by atoms with Crippen molar-refractivity contribution in [2.24, 2.45) is 0 Å².